The van der Waals surface area contributed by atoms with E-state index in [4.69, 9.17) is 22.7 Å². The molecule has 0 unspecified atom stereocenters. The summed E-state index contributed by atoms with van der Waals surface area (Å²) in [6, 6.07) is 15.7. The van der Waals surface area contributed by atoms with E-state index in [2.05, 4.69) is 0 Å². The van der Waals surface area contributed by atoms with Gasteiger partial charge in [-0.05, 0) is 36.4 Å². The van der Waals surface area contributed by atoms with Crippen LogP contribution < -0.4 is 20.7 Å². The Bertz CT molecular complexity index is 1650. The van der Waals surface area contributed by atoms with Crippen LogP contribution in [0.4, 0.5) is 0 Å². The van der Waals surface area contributed by atoms with Crippen LogP contribution in [-0.4, -0.2) is 18.7 Å². The second-order valence-corrected chi connectivity index (χ2v) is 8.06. The first-order valence-electron chi connectivity index (χ1n) is 10.7. The standard InChI is InChI=1S/C26H19NO7/c1-30-22-6-2-4-15-10-19(26(29)34-24(15)22)18-11-23(28)33-25-17(18)7-8-21-20(25)13-27(14-32-21)12-16-5-3-9-31-16/h2-11H,12-14H2,1H3. The summed E-state index contributed by atoms with van der Waals surface area (Å²) in [7, 11) is 1.51. The van der Waals surface area contributed by atoms with Gasteiger partial charge in [0.15, 0.2) is 11.3 Å². The van der Waals surface area contributed by atoms with Crippen LogP contribution >= 0.6 is 0 Å². The number of nitrogens with zero attached hydrogens (tertiary/aromatic N) is 1. The molecule has 0 atom stereocenters. The van der Waals surface area contributed by atoms with Gasteiger partial charge in [0.1, 0.15) is 23.8 Å². The molecule has 0 aliphatic carbocycles. The highest BCUT2D eigenvalue weighted by Crippen LogP contribution is 2.36. The zero-order valence-corrected chi connectivity index (χ0v) is 18.2. The topological polar surface area (TPSA) is 95.3 Å². The number of para-hydroxylation sites is 1. The van der Waals surface area contributed by atoms with Crippen LogP contribution in [-0.2, 0) is 13.1 Å². The first kappa shape index (κ1) is 20.3. The molecule has 0 saturated heterocycles. The van der Waals surface area contributed by atoms with E-state index in [1.54, 1.807) is 24.5 Å². The number of methoxy groups -OCH3 is 1. The van der Waals surface area contributed by atoms with Crippen LogP contribution in [0.5, 0.6) is 11.5 Å². The van der Waals surface area contributed by atoms with E-state index in [0.29, 0.717) is 58.8 Å². The van der Waals surface area contributed by atoms with Gasteiger partial charge in [-0.1, -0.05) is 12.1 Å². The van der Waals surface area contributed by atoms with Crippen molar-refractivity contribution >= 4 is 21.9 Å². The smallest absolute Gasteiger partial charge is 0.344 e. The van der Waals surface area contributed by atoms with E-state index in [1.807, 2.05) is 35.2 Å². The van der Waals surface area contributed by atoms with Crippen molar-refractivity contribution in [2.75, 3.05) is 13.8 Å². The van der Waals surface area contributed by atoms with Crippen molar-refractivity contribution in [3.8, 4) is 22.6 Å². The molecule has 0 bridgehead atoms. The zero-order valence-electron chi connectivity index (χ0n) is 18.2. The van der Waals surface area contributed by atoms with Crippen molar-refractivity contribution in [1.29, 1.82) is 0 Å². The van der Waals surface area contributed by atoms with Gasteiger partial charge < -0.3 is 22.7 Å². The van der Waals surface area contributed by atoms with Crippen LogP contribution in [0, 0.1) is 0 Å². The first-order valence-corrected chi connectivity index (χ1v) is 10.7. The average Bonchev–Trinajstić information content (AvgIpc) is 3.36. The first-order chi connectivity index (χ1) is 16.6. The normalized spacial score (nSPS) is 13.7. The molecule has 0 radical (unpaired) electrons. The number of hydrogen-bond acceptors (Lipinski definition) is 8. The van der Waals surface area contributed by atoms with E-state index in [1.165, 1.54) is 13.2 Å². The van der Waals surface area contributed by atoms with Gasteiger partial charge in [0.05, 0.1) is 31.0 Å². The number of fused-ring (bicyclic) bond motifs is 4. The second kappa shape index (κ2) is 7.93. The highest BCUT2D eigenvalue weighted by atomic mass is 16.5. The Morgan fingerprint density at radius 2 is 1.88 bits per heavy atom. The SMILES string of the molecule is COc1cccc2cc(-c3cc(=O)oc4c5c(ccc34)OCN(Cc3ccco3)C5)c(=O)oc12. The third-order valence-corrected chi connectivity index (χ3v) is 5.95. The summed E-state index contributed by atoms with van der Waals surface area (Å²) in [5.74, 6) is 1.90. The van der Waals surface area contributed by atoms with Crippen molar-refractivity contribution in [1.82, 2.24) is 4.90 Å². The fraction of sp³-hybridized carbons (Fsp3) is 0.154. The molecule has 6 rings (SSSR count). The predicted octanol–water partition coefficient (Wildman–Crippen LogP) is 4.52. The summed E-state index contributed by atoms with van der Waals surface area (Å²) in [6.45, 7) is 1.41. The van der Waals surface area contributed by atoms with Gasteiger partial charge in [-0.2, -0.15) is 0 Å². The average molecular weight is 457 g/mol. The molecule has 3 aromatic heterocycles. The van der Waals surface area contributed by atoms with Gasteiger partial charge in [0.2, 0.25) is 0 Å². The third-order valence-electron chi connectivity index (χ3n) is 5.95. The molecule has 34 heavy (non-hydrogen) atoms. The summed E-state index contributed by atoms with van der Waals surface area (Å²) < 4.78 is 27.9. The molecule has 0 saturated carbocycles. The maximum absolute atomic E-state index is 13.0. The number of hydrogen-bond donors (Lipinski definition) is 0. The minimum Gasteiger partial charge on any atom is -0.493 e. The number of rotatable bonds is 4. The Morgan fingerprint density at radius 3 is 2.71 bits per heavy atom. The Kier molecular flexibility index (Phi) is 4.74. The van der Waals surface area contributed by atoms with Gasteiger partial charge >= 0.3 is 11.3 Å². The molecule has 170 valence electrons. The lowest BCUT2D eigenvalue weighted by Gasteiger charge is -2.28. The molecule has 5 aromatic rings. The van der Waals surface area contributed by atoms with Gasteiger partial charge in [0, 0.05) is 28.9 Å². The maximum atomic E-state index is 13.0. The highest BCUT2D eigenvalue weighted by molar-refractivity contribution is 5.97. The van der Waals surface area contributed by atoms with Gasteiger partial charge in [0.25, 0.3) is 0 Å². The molecular formula is C26H19NO7. The Morgan fingerprint density at radius 1 is 0.971 bits per heavy atom. The van der Waals surface area contributed by atoms with E-state index < -0.39 is 11.3 Å². The third kappa shape index (κ3) is 3.36. The van der Waals surface area contributed by atoms with Crippen LogP contribution in [0.25, 0.3) is 33.1 Å². The van der Waals surface area contributed by atoms with E-state index in [-0.39, 0.29) is 5.56 Å². The number of furan rings is 1. The van der Waals surface area contributed by atoms with E-state index >= 15 is 0 Å². The van der Waals surface area contributed by atoms with Crippen molar-refractivity contribution in [3.05, 3.63) is 93.0 Å². The fourth-order valence-corrected chi connectivity index (χ4v) is 4.39. The molecule has 4 heterocycles. The van der Waals surface area contributed by atoms with Crippen molar-refractivity contribution in [3.63, 3.8) is 0 Å². The van der Waals surface area contributed by atoms with Gasteiger partial charge in [-0.15, -0.1) is 0 Å². The molecule has 8 heteroatoms. The minimum atomic E-state index is -0.572. The lowest BCUT2D eigenvalue weighted by molar-refractivity contribution is 0.0826. The van der Waals surface area contributed by atoms with Gasteiger partial charge in [-0.3, -0.25) is 4.90 Å². The Labute approximate surface area is 192 Å². The minimum absolute atomic E-state index is 0.266. The number of ether oxygens (including phenoxy) is 2. The monoisotopic (exact) mass is 457 g/mol. The van der Waals surface area contributed by atoms with Crippen LogP contribution in [0.1, 0.15) is 11.3 Å². The Hall–Kier alpha value is -4.30. The maximum Gasteiger partial charge on any atom is 0.344 e. The lowest BCUT2D eigenvalue weighted by atomic mass is 9.99. The van der Waals surface area contributed by atoms with Crippen LogP contribution in [0.15, 0.2) is 83.7 Å². The summed E-state index contributed by atoms with van der Waals surface area (Å²) in [6.07, 6.45) is 1.62. The molecule has 2 aromatic carbocycles. The summed E-state index contributed by atoms with van der Waals surface area (Å²) in [4.78, 5) is 27.6. The summed E-state index contributed by atoms with van der Waals surface area (Å²) in [5, 5.41) is 1.30. The molecule has 0 amide bonds. The van der Waals surface area contributed by atoms with E-state index in [0.717, 1.165) is 11.3 Å². The molecule has 8 nitrogen and oxygen atoms in total. The molecular weight excluding hydrogens is 438 g/mol. The quantitative estimate of drug-likeness (QED) is 0.364. The van der Waals surface area contributed by atoms with Crippen molar-refractivity contribution < 1.29 is 22.7 Å². The van der Waals surface area contributed by atoms with Crippen LogP contribution in [0.2, 0.25) is 0 Å². The van der Waals surface area contributed by atoms with E-state index in [9.17, 15) is 9.59 Å². The lowest BCUT2D eigenvalue weighted by Crippen LogP contribution is -2.31. The van der Waals surface area contributed by atoms with Crippen molar-refractivity contribution in [2.45, 2.75) is 13.1 Å². The zero-order chi connectivity index (χ0) is 23.2. The Balaban J connectivity index is 1.51. The molecule has 0 N–H and O–H groups in total. The fourth-order valence-electron chi connectivity index (χ4n) is 4.39. The summed E-state index contributed by atoms with van der Waals surface area (Å²) in [5.41, 5.74) is 1.04. The van der Waals surface area contributed by atoms with Crippen molar-refractivity contribution in [2.24, 2.45) is 0 Å². The molecule has 1 aliphatic rings. The summed E-state index contributed by atoms with van der Waals surface area (Å²) >= 11 is 0. The number of benzene rings is 2. The molecule has 0 fully saturated rings. The molecule has 1 aliphatic heterocycles. The largest absolute Gasteiger partial charge is 0.493 e. The highest BCUT2D eigenvalue weighted by Gasteiger charge is 2.24. The van der Waals surface area contributed by atoms with Crippen LogP contribution in [0.3, 0.4) is 0 Å². The molecule has 0 spiro atoms. The predicted molar refractivity (Wildman–Crippen MR) is 124 cm³/mol. The second-order valence-electron chi connectivity index (χ2n) is 8.06. The van der Waals surface area contributed by atoms with Gasteiger partial charge in [-0.25, -0.2) is 9.59 Å².